The summed E-state index contributed by atoms with van der Waals surface area (Å²) >= 11 is 0. The highest BCUT2D eigenvalue weighted by atomic mass is 32.2. The van der Waals surface area contributed by atoms with Gasteiger partial charge in [-0.05, 0) is 56.5 Å². The van der Waals surface area contributed by atoms with Gasteiger partial charge in [0.15, 0.2) is 0 Å². The number of benzene rings is 1. The fourth-order valence-corrected chi connectivity index (χ4v) is 4.37. The molecule has 2 N–H and O–H groups in total. The first-order valence-corrected chi connectivity index (χ1v) is 10.3. The lowest BCUT2D eigenvalue weighted by atomic mass is 9.98. The molecule has 3 rings (SSSR count). The molecule has 0 amide bonds. The Hall–Kier alpha value is -1.96. The topological polar surface area (TPSA) is 82.5 Å². The van der Waals surface area contributed by atoms with Gasteiger partial charge in [0.2, 0.25) is 10.0 Å². The summed E-state index contributed by atoms with van der Waals surface area (Å²) in [5.74, 6) is 0.449. The van der Waals surface area contributed by atoms with Crippen LogP contribution in [0.5, 0.6) is 5.75 Å². The largest absolute Gasteiger partial charge is 0.506 e. The van der Waals surface area contributed by atoms with Crippen LogP contribution in [0, 0.1) is 12.8 Å². The van der Waals surface area contributed by atoms with Gasteiger partial charge >= 0.3 is 0 Å². The summed E-state index contributed by atoms with van der Waals surface area (Å²) in [5, 5.41) is 9.88. The Balaban J connectivity index is 1.56. The minimum absolute atomic E-state index is 0.203. The molecule has 1 fully saturated rings. The van der Waals surface area contributed by atoms with Crippen molar-refractivity contribution in [3.8, 4) is 5.75 Å². The molecule has 1 aromatic heterocycles. The highest BCUT2D eigenvalue weighted by Crippen LogP contribution is 2.21. The maximum absolute atomic E-state index is 12.4. The number of hydrogen-bond donors (Lipinski definition) is 2. The summed E-state index contributed by atoms with van der Waals surface area (Å²) in [6.07, 6.45) is 3.66. The molecule has 0 radical (unpaired) electrons. The van der Waals surface area contributed by atoms with E-state index >= 15 is 0 Å². The monoisotopic (exact) mass is 375 g/mol. The predicted octanol–water partition coefficient (Wildman–Crippen LogP) is 2.29. The number of pyridine rings is 1. The van der Waals surface area contributed by atoms with E-state index in [0.717, 1.165) is 31.5 Å². The van der Waals surface area contributed by atoms with Crippen LogP contribution in [0.3, 0.4) is 0 Å². The van der Waals surface area contributed by atoms with Crippen LogP contribution >= 0.6 is 0 Å². The Kier molecular flexibility index (Phi) is 5.90. The van der Waals surface area contributed by atoms with E-state index in [2.05, 4.69) is 14.6 Å². The Morgan fingerprint density at radius 2 is 2.04 bits per heavy atom. The van der Waals surface area contributed by atoms with Crippen LogP contribution in [0.2, 0.25) is 0 Å². The van der Waals surface area contributed by atoms with Crippen molar-refractivity contribution in [1.82, 2.24) is 14.6 Å². The fourth-order valence-electron chi connectivity index (χ4n) is 3.25. The Morgan fingerprint density at radius 1 is 1.27 bits per heavy atom. The van der Waals surface area contributed by atoms with Crippen LogP contribution in [0.1, 0.15) is 24.1 Å². The van der Waals surface area contributed by atoms with Crippen molar-refractivity contribution in [3.05, 3.63) is 53.9 Å². The number of aromatic hydroxyl groups is 1. The molecule has 1 aliphatic rings. The van der Waals surface area contributed by atoms with Crippen LogP contribution in [0.15, 0.2) is 47.5 Å². The lowest BCUT2D eigenvalue weighted by Gasteiger charge is -2.32. The van der Waals surface area contributed by atoms with Gasteiger partial charge in [0.05, 0.1) is 10.6 Å². The van der Waals surface area contributed by atoms with E-state index in [0.29, 0.717) is 23.7 Å². The molecule has 1 unspecified atom stereocenters. The zero-order valence-electron chi connectivity index (χ0n) is 14.9. The average molecular weight is 375 g/mol. The summed E-state index contributed by atoms with van der Waals surface area (Å²) in [6, 6.07) is 10.2. The van der Waals surface area contributed by atoms with Crippen molar-refractivity contribution in [3.63, 3.8) is 0 Å². The number of piperidine rings is 1. The summed E-state index contributed by atoms with van der Waals surface area (Å²) in [6.45, 7) is 4.64. The fraction of sp³-hybridized carbons (Fsp3) is 0.421. The third-order valence-corrected chi connectivity index (χ3v) is 6.18. The molecule has 6 nitrogen and oxygen atoms in total. The molecule has 1 aromatic carbocycles. The lowest BCUT2D eigenvalue weighted by molar-refractivity contribution is 0.165. The van der Waals surface area contributed by atoms with Gasteiger partial charge in [-0.3, -0.25) is 9.88 Å². The number of nitrogens with zero attached hydrogens (tertiary/aromatic N) is 2. The van der Waals surface area contributed by atoms with E-state index < -0.39 is 10.0 Å². The summed E-state index contributed by atoms with van der Waals surface area (Å²) < 4.78 is 27.6. The SMILES string of the molecule is Cc1ccc(S(=O)(=O)NCC2CCCN(Cc3ncccc3O)C2)cc1. The maximum Gasteiger partial charge on any atom is 0.240 e. The molecule has 7 heteroatoms. The molecular weight excluding hydrogens is 350 g/mol. The Bertz CT molecular complexity index is 837. The standard InChI is InChI=1S/C19H25N3O3S/c1-15-6-8-17(9-7-15)26(24,25)21-12-16-4-3-11-22(13-16)14-18-19(23)5-2-10-20-18/h2,5-10,16,21,23H,3-4,11-14H2,1H3. The van der Waals surface area contributed by atoms with Gasteiger partial charge in [-0.2, -0.15) is 0 Å². The van der Waals surface area contributed by atoms with Crippen molar-refractivity contribution in [2.24, 2.45) is 5.92 Å². The van der Waals surface area contributed by atoms with Crippen LogP contribution < -0.4 is 4.72 Å². The zero-order valence-corrected chi connectivity index (χ0v) is 15.7. The number of aryl methyl sites for hydroxylation is 1. The van der Waals surface area contributed by atoms with Gasteiger partial charge in [-0.15, -0.1) is 0 Å². The molecule has 26 heavy (non-hydrogen) atoms. The number of hydrogen-bond acceptors (Lipinski definition) is 5. The van der Waals surface area contributed by atoms with E-state index in [1.54, 1.807) is 42.6 Å². The molecule has 0 spiro atoms. The second-order valence-corrected chi connectivity index (χ2v) is 8.64. The van der Waals surface area contributed by atoms with Gasteiger partial charge in [-0.1, -0.05) is 17.7 Å². The first-order valence-electron chi connectivity index (χ1n) is 8.85. The van der Waals surface area contributed by atoms with E-state index in [-0.39, 0.29) is 11.7 Å². The predicted molar refractivity (Wildman–Crippen MR) is 100 cm³/mol. The van der Waals surface area contributed by atoms with E-state index in [1.165, 1.54) is 0 Å². The smallest absolute Gasteiger partial charge is 0.240 e. The van der Waals surface area contributed by atoms with Crippen LogP contribution in [-0.4, -0.2) is 43.0 Å². The summed E-state index contributed by atoms with van der Waals surface area (Å²) in [5.41, 5.74) is 1.69. The molecular formula is C19H25N3O3S. The highest BCUT2D eigenvalue weighted by molar-refractivity contribution is 7.89. The van der Waals surface area contributed by atoms with Crippen molar-refractivity contribution in [1.29, 1.82) is 0 Å². The minimum Gasteiger partial charge on any atom is -0.506 e. The highest BCUT2D eigenvalue weighted by Gasteiger charge is 2.23. The molecule has 140 valence electrons. The van der Waals surface area contributed by atoms with Gasteiger partial charge in [0, 0.05) is 25.8 Å². The van der Waals surface area contributed by atoms with E-state index in [9.17, 15) is 13.5 Å². The molecule has 0 saturated carbocycles. The summed E-state index contributed by atoms with van der Waals surface area (Å²) in [7, 11) is -3.48. The van der Waals surface area contributed by atoms with Gasteiger partial charge < -0.3 is 5.11 Å². The van der Waals surface area contributed by atoms with Crippen molar-refractivity contribution in [2.75, 3.05) is 19.6 Å². The van der Waals surface area contributed by atoms with Crippen molar-refractivity contribution in [2.45, 2.75) is 31.2 Å². The van der Waals surface area contributed by atoms with Gasteiger partial charge in [0.25, 0.3) is 0 Å². The third kappa shape index (κ3) is 4.81. The second kappa shape index (κ2) is 8.16. The van der Waals surface area contributed by atoms with Gasteiger partial charge in [-0.25, -0.2) is 13.1 Å². The number of rotatable bonds is 6. The first-order chi connectivity index (χ1) is 12.4. The summed E-state index contributed by atoms with van der Waals surface area (Å²) in [4.78, 5) is 6.75. The first kappa shape index (κ1) is 18.8. The average Bonchev–Trinajstić information content (AvgIpc) is 2.63. The van der Waals surface area contributed by atoms with Crippen LogP contribution in [0.25, 0.3) is 0 Å². The van der Waals surface area contributed by atoms with E-state index in [1.807, 2.05) is 6.92 Å². The molecule has 0 bridgehead atoms. The van der Waals surface area contributed by atoms with Gasteiger partial charge in [0.1, 0.15) is 5.75 Å². The van der Waals surface area contributed by atoms with Crippen molar-refractivity contribution >= 4 is 10.0 Å². The number of aromatic nitrogens is 1. The molecule has 2 aromatic rings. The quantitative estimate of drug-likeness (QED) is 0.809. The van der Waals surface area contributed by atoms with E-state index in [4.69, 9.17) is 0 Å². The lowest BCUT2D eigenvalue weighted by Crippen LogP contribution is -2.40. The Labute approximate surface area is 154 Å². The van der Waals surface area contributed by atoms with Crippen LogP contribution in [0.4, 0.5) is 0 Å². The molecule has 1 atom stereocenters. The Morgan fingerprint density at radius 3 is 2.77 bits per heavy atom. The number of nitrogens with one attached hydrogen (secondary N) is 1. The third-order valence-electron chi connectivity index (χ3n) is 4.74. The number of sulfonamides is 1. The number of likely N-dealkylation sites (tertiary alicyclic amines) is 1. The van der Waals surface area contributed by atoms with Crippen molar-refractivity contribution < 1.29 is 13.5 Å². The molecule has 0 aliphatic carbocycles. The maximum atomic E-state index is 12.4. The minimum atomic E-state index is -3.48. The molecule has 1 aliphatic heterocycles. The zero-order chi connectivity index (χ0) is 18.6. The molecule has 2 heterocycles. The normalized spacial score (nSPS) is 18.7. The van der Waals surface area contributed by atoms with Crippen LogP contribution in [-0.2, 0) is 16.6 Å². The molecule has 1 saturated heterocycles. The second-order valence-electron chi connectivity index (χ2n) is 6.88.